The summed E-state index contributed by atoms with van der Waals surface area (Å²) in [5, 5.41) is 4.90. The molecule has 1 atom stereocenters. The first-order chi connectivity index (χ1) is 14.8. The molecule has 164 valence electrons. The molecule has 1 fully saturated rings. The van der Waals surface area contributed by atoms with E-state index in [-0.39, 0.29) is 24.1 Å². The third-order valence-electron chi connectivity index (χ3n) is 5.65. The highest BCUT2D eigenvalue weighted by Gasteiger charge is 2.34. The van der Waals surface area contributed by atoms with Gasteiger partial charge in [-0.1, -0.05) is 11.6 Å². The predicted octanol–water partition coefficient (Wildman–Crippen LogP) is 2.72. The molecule has 31 heavy (non-hydrogen) atoms. The Hall–Kier alpha value is -1.98. The lowest BCUT2D eigenvalue weighted by molar-refractivity contribution is 0.0696. The van der Waals surface area contributed by atoms with Gasteiger partial charge in [0.1, 0.15) is 5.58 Å². The quantitative estimate of drug-likeness (QED) is 0.619. The van der Waals surface area contributed by atoms with Crippen molar-refractivity contribution >= 4 is 49.8 Å². The molecule has 11 heteroatoms. The third kappa shape index (κ3) is 3.87. The molecule has 1 amide bonds. The fourth-order valence-corrected chi connectivity index (χ4v) is 6.44. The van der Waals surface area contributed by atoms with Crippen LogP contribution in [-0.4, -0.2) is 60.7 Å². The summed E-state index contributed by atoms with van der Waals surface area (Å²) < 4.78 is 33.0. The molecule has 4 heterocycles. The molecule has 5 rings (SSSR count). The van der Waals surface area contributed by atoms with Crippen LogP contribution in [0.1, 0.15) is 27.3 Å². The zero-order valence-corrected chi connectivity index (χ0v) is 19.2. The Morgan fingerprint density at radius 1 is 1.26 bits per heavy atom. The van der Waals surface area contributed by atoms with Crippen LogP contribution < -0.4 is 5.32 Å². The Kier molecular flexibility index (Phi) is 5.30. The van der Waals surface area contributed by atoms with Gasteiger partial charge in [-0.2, -0.15) is 4.31 Å². The van der Waals surface area contributed by atoms with Crippen LogP contribution in [0, 0.1) is 0 Å². The molecule has 0 spiro atoms. The van der Waals surface area contributed by atoms with Crippen LogP contribution in [0.2, 0.25) is 5.02 Å². The highest BCUT2D eigenvalue weighted by atomic mass is 35.5. The van der Waals surface area contributed by atoms with E-state index in [1.54, 1.807) is 23.1 Å². The molecule has 3 aromatic rings. The number of furan rings is 1. The van der Waals surface area contributed by atoms with Gasteiger partial charge in [0.2, 0.25) is 5.09 Å². The number of nitrogens with one attached hydrogen (secondary N) is 1. The average molecular weight is 481 g/mol. The van der Waals surface area contributed by atoms with Crippen LogP contribution in [0.3, 0.4) is 0 Å². The number of carbonyl (C=O) groups excluding carboxylic acids is 1. The zero-order valence-electron chi connectivity index (χ0n) is 16.8. The number of aromatic nitrogens is 1. The number of rotatable bonds is 3. The Morgan fingerprint density at radius 2 is 2.03 bits per heavy atom. The Labute approximate surface area is 188 Å². The van der Waals surface area contributed by atoms with Crippen molar-refractivity contribution in [1.82, 2.24) is 19.5 Å². The molecule has 1 unspecified atom stereocenters. The Morgan fingerprint density at radius 3 is 2.81 bits per heavy atom. The van der Waals surface area contributed by atoms with Gasteiger partial charge in [0.25, 0.3) is 15.9 Å². The highest BCUT2D eigenvalue weighted by Crippen LogP contribution is 2.29. The molecule has 0 aliphatic carbocycles. The van der Waals surface area contributed by atoms with Crippen LogP contribution in [0.15, 0.2) is 33.8 Å². The Bertz CT molecular complexity index is 1260. The minimum atomic E-state index is -3.79. The minimum absolute atomic E-state index is 0.112. The summed E-state index contributed by atoms with van der Waals surface area (Å²) in [5.74, 6) is -0.137. The van der Waals surface area contributed by atoms with Crippen molar-refractivity contribution in [2.24, 2.45) is 0 Å². The average Bonchev–Trinajstić information content (AvgIpc) is 3.37. The van der Waals surface area contributed by atoms with E-state index in [9.17, 15) is 13.2 Å². The van der Waals surface area contributed by atoms with Crippen molar-refractivity contribution in [1.29, 1.82) is 0 Å². The fourth-order valence-electron chi connectivity index (χ4n) is 3.90. The molecular weight excluding hydrogens is 460 g/mol. The van der Waals surface area contributed by atoms with Crippen molar-refractivity contribution in [3.8, 4) is 0 Å². The van der Waals surface area contributed by atoms with E-state index < -0.39 is 10.0 Å². The molecule has 1 N–H and O–H groups in total. The zero-order chi connectivity index (χ0) is 21.8. The number of amides is 1. The van der Waals surface area contributed by atoms with Crippen molar-refractivity contribution < 1.29 is 17.6 Å². The SMILES string of the molecule is CC1Cc2nc(C(=O)N3CCN(S(=O)(=O)c4cc5ccc(Cl)cc5o4)CC3)sc2CN1. The summed E-state index contributed by atoms with van der Waals surface area (Å²) in [6.45, 7) is 3.85. The summed E-state index contributed by atoms with van der Waals surface area (Å²) in [6, 6.07) is 6.86. The van der Waals surface area contributed by atoms with Gasteiger partial charge in [0, 0.05) is 72.6 Å². The number of halogens is 1. The number of benzene rings is 1. The number of hydrogen-bond acceptors (Lipinski definition) is 7. The topological polar surface area (TPSA) is 95.8 Å². The second-order valence-electron chi connectivity index (χ2n) is 7.82. The molecule has 2 aliphatic heterocycles. The summed E-state index contributed by atoms with van der Waals surface area (Å²) in [4.78, 5) is 20.3. The fraction of sp³-hybridized carbons (Fsp3) is 0.400. The maximum atomic E-state index is 13.0. The summed E-state index contributed by atoms with van der Waals surface area (Å²) in [7, 11) is -3.79. The predicted molar refractivity (Wildman–Crippen MR) is 118 cm³/mol. The maximum Gasteiger partial charge on any atom is 0.282 e. The van der Waals surface area contributed by atoms with Gasteiger partial charge in [0.15, 0.2) is 5.01 Å². The lowest BCUT2D eigenvalue weighted by atomic mass is 10.1. The normalized spacial score (nSPS) is 20.2. The van der Waals surface area contributed by atoms with Crippen LogP contribution in [-0.2, 0) is 23.0 Å². The lowest BCUT2D eigenvalue weighted by Crippen LogP contribution is -2.50. The number of carbonyl (C=O) groups is 1. The molecule has 2 aliphatic rings. The number of thiazole rings is 1. The molecular formula is C20H21ClN4O4S2. The molecule has 0 bridgehead atoms. The van der Waals surface area contributed by atoms with Gasteiger partial charge in [-0.3, -0.25) is 4.79 Å². The smallest absolute Gasteiger partial charge is 0.282 e. The third-order valence-corrected chi connectivity index (χ3v) is 8.73. The van der Waals surface area contributed by atoms with E-state index >= 15 is 0 Å². The van der Waals surface area contributed by atoms with E-state index in [2.05, 4.69) is 17.2 Å². The summed E-state index contributed by atoms with van der Waals surface area (Å²) in [5.41, 5.74) is 1.42. The van der Waals surface area contributed by atoms with Gasteiger partial charge in [0.05, 0.1) is 5.69 Å². The molecule has 0 saturated carbocycles. The van der Waals surface area contributed by atoms with E-state index in [4.69, 9.17) is 16.0 Å². The number of fused-ring (bicyclic) bond motifs is 2. The van der Waals surface area contributed by atoms with E-state index in [1.165, 1.54) is 21.7 Å². The highest BCUT2D eigenvalue weighted by molar-refractivity contribution is 7.89. The molecule has 2 aromatic heterocycles. The van der Waals surface area contributed by atoms with E-state index in [1.807, 2.05) is 0 Å². The summed E-state index contributed by atoms with van der Waals surface area (Å²) >= 11 is 7.39. The van der Waals surface area contributed by atoms with Crippen molar-refractivity contribution in [3.05, 3.63) is 44.9 Å². The number of hydrogen-bond donors (Lipinski definition) is 1. The van der Waals surface area contributed by atoms with Crippen LogP contribution in [0.25, 0.3) is 11.0 Å². The van der Waals surface area contributed by atoms with E-state index in [0.717, 1.165) is 23.5 Å². The van der Waals surface area contributed by atoms with Crippen molar-refractivity contribution in [2.45, 2.75) is 31.0 Å². The second-order valence-corrected chi connectivity index (χ2v) is 11.2. The summed E-state index contributed by atoms with van der Waals surface area (Å²) in [6.07, 6.45) is 0.813. The van der Waals surface area contributed by atoms with Gasteiger partial charge >= 0.3 is 0 Å². The van der Waals surface area contributed by atoms with Gasteiger partial charge < -0.3 is 14.6 Å². The van der Waals surface area contributed by atoms with Crippen LogP contribution in [0.4, 0.5) is 0 Å². The molecule has 0 radical (unpaired) electrons. The maximum absolute atomic E-state index is 13.0. The van der Waals surface area contributed by atoms with Crippen molar-refractivity contribution in [2.75, 3.05) is 26.2 Å². The van der Waals surface area contributed by atoms with Crippen LogP contribution in [0.5, 0.6) is 0 Å². The standard InChI is InChI=1S/C20H21ClN4O4S2/c1-12-8-15-17(11-22-12)30-19(23-15)20(26)24-4-6-25(7-5-24)31(27,28)18-9-13-2-3-14(21)10-16(13)29-18/h2-3,9-10,12,22H,4-8,11H2,1H3. The van der Waals surface area contributed by atoms with Crippen LogP contribution >= 0.6 is 22.9 Å². The first-order valence-electron chi connectivity index (χ1n) is 10.0. The lowest BCUT2D eigenvalue weighted by Gasteiger charge is -2.32. The van der Waals surface area contributed by atoms with Gasteiger partial charge in [-0.25, -0.2) is 13.4 Å². The second kappa shape index (κ2) is 7.86. The number of nitrogens with zero attached hydrogens (tertiary/aromatic N) is 3. The first-order valence-corrected chi connectivity index (χ1v) is 12.7. The van der Waals surface area contributed by atoms with E-state index in [0.29, 0.717) is 40.1 Å². The number of sulfonamides is 1. The Balaban J connectivity index is 1.28. The minimum Gasteiger partial charge on any atom is -0.443 e. The molecule has 1 saturated heterocycles. The number of piperazine rings is 1. The monoisotopic (exact) mass is 480 g/mol. The largest absolute Gasteiger partial charge is 0.443 e. The first kappa shape index (κ1) is 20.9. The van der Waals surface area contributed by atoms with Crippen molar-refractivity contribution in [3.63, 3.8) is 0 Å². The molecule has 8 nitrogen and oxygen atoms in total. The molecule has 1 aromatic carbocycles. The van der Waals surface area contributed by atoms with Gasteiger partial charge in [-0.05, 0) is 19.1 Å². The van der Waals surface area contributed by atoms with Gasteiger partial charge in [-0.15, -0.1) is 11.3 Å².